The van der Waals surface area contributed by atoms with Gasteiger partial charge in [0.25, 0.3) is 11.8 Å². The molecule has 6 rings (SSSR count). The summed E-state index contributed by atoms with van der Waals surface area (Å²) in [5, 5.41) is 38.0. The number of aromatic hydroxyl groups is 2. The molecule has 20 nitrogen and oxygen atoms in total. The van der Waals surface area contributed by atoms with E-state index in [-0.39, 0.29) is 60.1 Å². The van der Waals surface area contributed by atoms with E-state index in [1.165, 1.54) is 46.0 Å². The van der Waals surface area contributed by atoms with E-state index in [9.17, 15) is 39.0 Å². The topological polar surface area (TPSA) is 271 Å². The lowest BCUT2D eigenvalue weighted by Crippen LogP contribution is -2.46. The predicted octanol–water partition coefficient (Wildman–Crippen LogP) is 1.02. The van der Waals surface area contributed by atoms with Crippen LogP contribution in [0.15, 0.2) is 84.9 Å². The zero-order valence-corrected chi connectivity index (χ0v) is 29.2. The number of hydrazine groups is 2. The van der Waals surface area contributed by atoms with Crippen LogP contribution in [0.3, 0.4) is 0 Å². The molecule has 0 bridgehead atoms. The van der Waals surface area contributed by atoms with Crippen LogP contribution in [-0.4, -0.2) is 88.6 Å². The number of hydrogen-bond acceptors (Lipinski definition) is 14. The van der Waals surface area contributed by atoms with Crippen LogP contribution in [0.5, 0.6) is 23.0 Å². The maximum Gasteiger partial charge on any atom is 0.305 e. The molecule has 0 aliphatic carbocycles. The van der Waals surface area contributed by atoms with Crippen LogP contribution in [0, 0.1) is 0 Å². The summed E-state index contributed by atoms with van der Waals surface area (Å²) in [6, 6.07) is 22.8. The number of amides is 4. The minimum atomic E-state index is -1.11. The molecule has 0 radical (unpaired) electrons. The smallest absolute Gasteiger partial charge is 0.305 e. The van der Waals surface area contributed by atoms with Crippen molar-refractivity contribution in [1.29, 1.82) is 0 Å². The lowest BCUT2D eigenvalue weighted by molar-refractivity contribution is -0.140. The van der Waals surface area contributed by atoms with Gasteiger partial charge in [0.2, 0.25) is 11.6 Å². The number of rotatable bonds is 15. The Morgan fingerprint density at radius 3 is 1.21 bits per heavy atom. The maximum atomic E-state index is 12.2. The Morgan fingerprint density at radius 1 is 0.518 bits per heavy atom. The Hall–Kier alpha value is -7.90. The van der Waals surface area contributed by atoms with E-state index in [1.54, 1.807) is 24.3 Å². The highest BCUT2D eigenvalue weighted by Crippen LogP contribution is 2.28. The normalized spacial score (nSPS) is 10.8. The lowest BCUT2D eigenvalue weighted by atomic mass is 10.1. The summed E-state index contributed by atoms with van der Waals surface area (Å²) in [6.45, 7) is -1.12. The molecule has 0 atom stereocenters. The molecule has 2 heterocycles. The van der Waals surface area contributed by atoms with Gasteiger partial charge in [-0.3, -0.25) is 50.5 Å². The zero-order chi connectivity index (χ0) is 39.6. The average molecular weight is 765 g/mol. The van der Waals surface area contributed by atoms with E-state index < -0.39 is 48.4 Å². The van der Waals surface area contributed by atoms with Gasteiger partial charge in [0.15, 0.2) is 13.2 Å². The van der Waals surface area contributed by atoms with Gasteiger partial charge in [-0.2, -0.15) is 0 Å². The maximum absolute atomic E-state index is 12.2. The summed E-state index contributed by atoms with van der Waals surface area (Å²) in [4.78, 5) is 75.3. The minimum Gasteiger partial charge on any atom is -0.505 e. The molecule has 0 aliphatic heterocycles. The van der Waals surface area contributed by atoms with Crippen molar-refractivity contribution in [3.8, 4) is 34.4 Å². The molecule has 286 valence electrons. The van der Waals surface area contributed by atoms with Crippen LogP contribution < -0.4 is 31.2 Å². The highest BCUT2D eigenvalue weighted by atomic mass is 16.5. The van der Waals surface area contributed by atoms with E-state index in [2.05, 4.69) is 20.4 Å². The second-order valence-electron chi connectivity index (χ2n) is 11.9. The second-order valence-corrected chi connectivity index (χ2v) is 11.9. The van der Waals surface area contributed by atoms with Crippen LogP contribution in [0.1, 0.15) is 25.7 Å². The van der Waals surface area contributed by atoms with E-state index in [1.807, 2.05) is 46.0 Å². The van der Waals surface area contributed by atoms with Gasteiger partial charge < -0.3 is 19.7 Å². The lowest BCUT2D eigenvalue weighted by Gasteiger charge is -2.10. The zero-order valence-electron chi connectivity index (χ0n) is 29.2. The number of carbonyl (C=O) groups excluding carboxylic acids is 6. The number of unbranched alkanes of at least 4 members (excludes halogenated alkanes) is 1. The van der Waals surface area contributed by atoms with Crippen molar-refractivity contribution >= 4 is 57.3 Å². The largest absolute Gasteiger partial charge is 0.505 e. The van der Waals surface area contributed by atoms with E-state index >= 15 is 0 Å². The Morgan fingerprint density at radius 2 is 0.875 bits per heavy atom. The molecule has 6 N–H and O–H groups in total. The number of ether oxygens (including phenoxy) is 2. The predicted molar refractivity (Wildman–Crippen MR) is 193 cm³/mol. The fraction of sp³-hybridized carbons (Fsp3) is 0.167. The van der Waals surface area contributed by atoms with Gasteiger partial charge >= 0.3 is 11.8 Å². The third kappa shape index (κ3) is 9.55. The van der Waals surface area contributed by atoms with Crippen LogP contribution in [0.25, 0.3) is 33.4 Å². The SMILES string of the molecule is O=C(COc1ccc(-n2nc3ccccc3n2)c(O)c1)NNC(=O)C(=O)CCCCC(=O)C(=O)NNC(=O)COc1ccc(-n2nc3ccccc3n2)c(O)c1. The van der Waals surface area contributed by atoms with Crippen LogP contribution in [-0.2, 0) is 28.8 Å². The molecule has 56 heavy (non-hydrogen) atoms. The highest BCUT2D eigenvalue weighted by molar-refractivity contribution is 6.36. The molecule has 0 fully saturated rings. The number of aromatic nitrogens is 6. The van der Waals surface area contributed by atoms with E-state index in [0.29, 0.717) is 22.1 Å². The van der Waals surface area contributed by atoms with Crippen LogP contribution >= 0.6 is 0 Å². The second kappa shape index (κ2) is 17.3. The fourth-order valence-electron chi connectivity index (χ4n) is 5.02. The van der Waals surface area contributed by atoms with Crippen molar-refractivity contribution in [1.82, 2.24) is 51.7 Å². The van der Waals surface area contributed by atoms with Crippen molar-refractivity contribution in [2.24, 2.45) is 0 Å². The Bertz CT molecular complexity index is 2230. The van der Waals surface area contributed by atoms with Gasteiger partial charge in [-0.15, -0.1) is 30.0 Å². The molecule has 2 aromatic heterocycles. The fourth-order valence-corrected chi connectivity index (χ4v) is 5.02. The standard InChI is InChI=1S/C36H32N10O10/c47-29(35(53)39-37-33(51)19-55-21-13-15-27(31(49)17-21)45-41-23-7-1-2-8-24(23)42-45)11-5-6-12-30(48)36(54)40-38-34(52)20-56-22-14-16-28(32(50)18-22)46-43-25-9-3-4-10-26(25)44-46/h1-4,7-10,13-18,49-50H,5-6,11-12,19-20H2,(H,37,51)(H,38,52)(H,39,53)(H,40,54). The first-order valence-electron chi connectivity index (χ1n) is 16.8. The number of nitrogens with one attached hydrogen (secondary N) is 4. The molecule has 0 saturated heterocycles. The summed E-state index contributed by atoms with van der Waals surface area (Å²) in [7, 11) is 0. The molecule has 20 heteroatoms. The van der Waals surface area contributed by atoms with Crippen LogP contribution in [0.4, 0.5) is 0 Å². The Labute approximate surface area is 315 Å². The average Bonchev–Trinajstić information content (AvgIpc) is 3.83. The molecule has 0 spiro atoms. The number of phenols is 2. The quantitative estimate of drug-likeness (QED) is 0.0484. The van der Waals surface area contributed by atoms with Crippen molar-refractivity contribution in [2.45, 2.75) is 25.7 Å². The summed E-state index contributed by atoms with van der Waals surface area (Å²) >= 11 is 0. The van der Waals surface area contributed by atoms with Gasteiger partial charge in [-0.05, 0) is 61.4 Å². The third-order valence-corrected chi connectivity index (χ3v) is 7.83. The summed E-state index contributed by atoms with van der Waals surface area (Å²) in [6.07, 6.45) is -0.409. The first kappa shape index (κ1) is 37.8. The number of nitrogens with zero attached hydrogens (tertiary/aromatic N) is 6. The number of benzene rings is 4. The van der Waals surface area contributed by atoms with Crippen molar-refractivity contribution in [3.05, 3.63) is 84.9 Å². The van der Waals surface area contributed by atoms with Gasteiger partial charge in [0, 0.05) is 25.0 Å². The number of hydrogen-bond donors (Lipinski definition) is 6. The van der Waals surface area contributed by atoms with Gasteiger partial charge in [-0.1, -0.05) is 24.3 Å². The molecule has 4 aromatic carbocycles. The number of Topliss-reactive ketones (excluding diaryl/α,β-unsaturated/α-hetero) is 2. The number of phenolic OH excluding ortho intramolecular Hbond substituents is 2. The molecule has 4 amide bonds. The van der Waals surface area contributed by atoms with Gasteiger partial charge in [0.05, 0.1) is 0 Å². The number of carbonyl (C=O) groups is 6. The van der Waals surface area contributed by atoms with Gasteiger partial charge in [0.1, 0.15) is 56.4 Å². The molecule has 0 aliphatic rings. The molecule has 6 aromatic rings. The summed E-state index contributed by atoms with van der Waals surface area (Å²) in [5.74, 6) is -5.72. The summed E-state index contributed by atoms with van der Waals surface area (Å²) < 4.78 is 10.7. The highest BCUT2D eigenvalue weighted by Gasteiger charge is 2.18. The van der Waals surface area contributed by atoms with E-state index in [0.717, 1.165) is 0 Å². The molecule has 0 unspecified atom stereocenters. The summed E-state index contributed by atoms with van der Waals surface area (Å²) in [5.41, 5.74) is 11.1. The molecular weight excluding hydrogens is 732 g/mol. The number of fused-ring (bicyclic) bond motifs is 2. The Kier molecular flexibility index (Phi) is 11.7. The molecular formula is C36H32N10O10. The first-order valence-corrected chi connectivity index (χ1v) is 16.8. The monoisotopic (exact) mass is 764 g/mol. The first-order chi connectivity index (χ1) is 27.0. The Balaban J connectivity index is 0.824. The van der Waals surface area contributed by atoms with Crippen LogP contribution in [0.2, 0.25) is 0 Å². The van der Waals surface area contributed by atoms with Crippen molar-refractivity contribution < 1.29 is 48.5 Å². The minimum absolute atomic E-state index is 0.0740. The van der Waals surface area contributed by atoms with E-state index in [4.69, 9.17) is 9.47 Å². The van der Waals surface area contributed by atoms with Crippen molar-refractivity contribution in [2.75, 3.05) is 13.2 Å². The number of ketones is 2. The van der Waals surface area contributed by atoms with Gasteiger partial charge in [-0.25, -0.2) is 0 Å². The molecule has 0 saturated carbocycles. The van der Waals surface area contributed by atoms with Crippen molar-refractivity contribution in [3.63, 3.8) is 0 Å². The third-order valence-electron chi connectivity index (χ3n) is 7.83.